The number of hydrogen-bond acceptors (Lipinski definition) is 4. The van der Waals surface area contributed by atoms with Crippen LogP contribution in [0.5, 0.6) is 0 Å². The molecule has 0 aliphatic rings. The van der Waals surface area contributed by atoms with Crippen LogP contribution in [-0.4, -0.2) is 42.7 Å². The largest absolute Gasteiger partial charge is 0.468 e. The number of carbonyl (C=O) groups is 2. The van der Waals surface area contributed by atoms with Crippen molar-refractivity contribution < 1.29 is 14.3 Å². The smallest absolute Gasteiger partial charge is 0.325 e. The number of rotatable bonds is 7. The summed E-state index contributed by atoms with van der Waals surface area (Å²) in [4.78, 5) is 24.6. The lowest BCUT2D eigenvalue weighted by Gasteiger charge is -2.19. The van der Waals surface area contributed by atoms with E-state index in [0.29, 0.717) is 17.3 Å². The number of halogens is 1. The van der Waals surface area contributed by atoms with Crippen LogP contribution in [0.3, 0.4) is 0 Å². The first kappa shape index (κ1) is 16.9. The molecule has 110 valence electrons. The highest BCUT2D eigenvalue weighted by atomic mass is 35.5. The van der Waals surface area contributed by atoms with E-state index in [-0.39, 0.29) is 12.5 Å². The first-order valence-electron chi connectivity index (χ1n) is 6.23. The fourth-order valence-corrected chi connectivity index (χ4v) is 2.54. The normalized spacial score (nSPS) is 10.2. The van der Waals surface area contributed by atoms with Gasteiger partial charge in [0, 0.05) is 17.3 Å². The van der Waals surface area contributed by atoms with E-state index in [2.05, 4.69) is 4.74 Å². The molecule has 0 saturated carbocycles. The van der Waals surface area contributed by atoms with Crippen molar-refractivity contribution >= 4 is 35.2 Å². The second-order valence-electron chi connectivity index (χ2n) is 4.10. The SMILES string of the molecule is CCN(CC(=O)OC)C(=O)CSCc1ccc(Cl)cc1. The van der Waals surface area contributed by atoms with Gasteiger partial charge in [-0.1, -0.05) is 23.7 Å². The summed E-state index contributed by atoms with van der Waals surface area (Å²) in [5.41, 5.74) is 1.11. The van der Waals surface area contributed by atoms with Crippen molar-refractivity contribution in [2.75, 3.05) is 26.0 Å². The third kappa shape index (κ3) is 5.84. The molecule has 0 bridgehead atoms. The van der Waals surface area contributed by atoms with E-state index >= 15 is 0 Å². The number of thioether (sulfide) groups is 1. The molecule has 0 N–H and O–H groups in total. The van der Waals surface area contributed by atoms with E-state index in [0.717, 1.165) is 11.3 Å². The maximum Gasteiger partial charge on any atom is 0.325 e. The minimum absolute atomic E-state index is 0.00728. The highest BCUT2D eigenvalue weighted by Crippen LogP contribution is 2.15. The van der Waals surface area contributed by atoms with E-state index in [4.69, 9.17) is 11.6 Å². The Morgan fingerprint density at radius 3 is 2.50 bits per heavy atom. The summed E-state index contributed by atoms with van der Waals surface area (Å²) in [6, 6.07) is 7.53. The van der Waals surface area contributed by atoms with Crippen LogP contribution in [0.15, 0.2) is 24.3 Å². The van der Waals surface area contributed by atoms with Gasteiger partial charge in [0.2, 0.25) is 5.91 Å². The predicted octanol–water partition coefficient (Wildman–Crippen LogP) is 2.59. The van der Waals surface area contributed by atoms with Crippen molar-refractivity contribution in [3.05, 3.63) is 34.9 Å². The third-order valence-electron chi connectivity index (χ3n) is 2.69. The Hall–Kier alpha value is -1.20. The lowest BCUT2D eigenvalue weighted by molar-refractivity contribution is -0.146. The summed E-state index contributed by atoms with van der Waals surface area (Å²) in [5.74, 6) is 0.617. The molecule has 6 heteroatoms. The van der Waals surface area contributed by atoms with Gasteiger partial charge in [0.25, 0.3) is 0 Å². The van der Waals surface area contributed by atoms with Crippen LogP contribution in [0.25, 0.3) is 0 Å². The fourth-order valence-electron chi connectivity index (χ4n) is 1.52. The summed E-state index contributed by atoms with van der Waals surface area (Å²) < 4.78 is 4.57. The number of methoxy groups -OCH3 is 1. The van der Waals surface area contributed by atoms with Gasteiger partial charge in [-0.15, -0.1) is 11.8 Å². The van der Waals surface area contributed by atoms with Crippen LogP contribution >= 0.6 is 23.4 Å². The highest BCUT2D eigenvalue weighted by Gasteiger charge is 2.15. The number of ether oxygens (including phenoxy) is 1. The molecule has 1 aromatic rings. The molecule has 0 aliphatic carbocycles. The molecular formula is C14H18ClNO3S. The maximum absolute atomic E-state index is 11.9. The fraction of sp³-hybridized carbons (Fsp3) is 0.429. The van der Waals surface area contributed by atoms with E-state index in [1.807, 2.05) is 31.2 Å². The number of nitrogens with zero attached hydrogens (tertiary/aromatic N) is 1. The molecule has 0 radical (unpaired) electrons. The third-order valence-corrected chi connectivity index (χ3v) is 3.93. The molecule has 0 heterocycles. The van der Waals surface area contributed by atoms with Crippen LogP contribution in [0.1, 0.15) is 12.5 Å². The van der Waals surface area contributed by atoms with Gasteiger partial charge in [-0.2, -0.15) is 0 Å². The molecular weight excluding hydrogens is 298 g/mol. The van der Waals surface area contributed by atoms with Crippen molar-refractivity contribution in [1.29, 1.82) is 0 Å². The molecule has 0 unspecified atom stereocenters. The molecule has 0 aromatic heterocycles. The standard InChI is InChI=1S/C14H18ClNO3S/c1-3-16(8-14(18)19-2)13(17)10-20-9-11-4-6-12(15)7-5-11/h4-7H,3,8-10H2,1-2H3. The molecule has 1 aromatic carbocycles. The minimum atomic E-state index is -0.400. The molecule has 0 spiro atoms. The number of amides is 1. The lowest BCUT2D eigenvalue weighted by Crippen LogP contribution is -2.37. The summed E-state index contributed by atoms with van der Waals surface area (Å²) in [6.07, 6.45) is 0. The molecule has 1 amide bonds. The van der Waals surface area contributed by atoms with Gasteiger partial charge in [0.05, 0.1) is 12.9 Å². The van der Waals surface area contributed by atoms with Crippen LogP contribution in [0.4, 0.5) is 0 Å². The van der Waals surface area contributed by atoms with Crippen molar-refractivity contribution in [3.8, 4) is 0 Å². The first-order valence-corrected chi connectivity index (χ1v) is 7.76. The second kappa shape index (κ2) is 8.87. The number of esters is 1. The van der Waals surface area contributed by atoms with Crippen molar-refractivity contribution in [2.45, 2.75) is 12.7 Å². The van der Waals surface area contributed by atoms with Crippen molar-refractivity contribution in [1.82, 2.24) is 4.90 Å². The Labute approximate surface area is 128 Å². The van der Waals surface area contributed by atoms with Gasteiger partial charge in [-0.05, 0) is 24.6 Å². The zero-order valence-corrected chi connectivity index (χ0v) is 13.2. The first-order chi connectivity index (χ1) is 9.56. The van der Waals surface area contributed by atoms with E-state index in [1.165, 1.54) is 23.8 Å². The van der Waals surface area contributed by atoms with E-state index < -0.39 is 5.97 Å². The second-order valence-corrected chi connectivity index (χ2v) is 5.53. The van der Waals surface area contributed by atoms with Gasteiger partial charge in [-0.25, -0.2) is 0 Å². The average molecular weight is 316 g/mol. The van der Waals surface area contributed by atoms with Gasteiger partial charge in [0.15, 0.2) is 0 Å². The van der Waals surface area contributed by atoms with Crippen LogP contribution < -0.4 is 0 Å². The summed E-state index contributed by atoms with van der Waals surface area (Å²) in [6.45, 7) is 2.34. The minimum Gasteiger partial charge on any atom is -0.468 e. The Bertz CT molecular complexity index is 450. The van der Waals surface area contributed by atoms with Gasteiger partial charge >= 0.3 is 5.97 Å². The highest BCUT2D eigenvalue weighted by molar-refractivity contribution is 7.99. The lowest BCUT2D eigenvalue weighted by atomic mass is 10.2. The number of carbonyl (C=O) groups excluding carboxylic acids is 2. The van der Waals surface area contributed by atoms with E-state index in [9.17, 15) is 9.59 Å². The van der Waals surface area contributed by atoms with Crippen LogP contribution in [0.2, 0.25) is 5.02 Å². The molecule has 1 rings (SSSR count). The maximum atomic E-state index is 11.9. The predicted molar refractivity (Wildman–Crippen MR) is 81.9 cm³/mol. The molecule has 4 nitrogen and oxygen atoms in total. The zero-order valence-electron chi connectivity index (χ0n) is 11.6. The number of benzene rings is 1. The monoisotopic (exact) mass is 315 g/mol. The summed E-state index contributed by atoms with van der Waals surface area (Å²) in [5, 5.41) is 0.699. The van der Waals surface area contributed by atoms with Crippen molar-refractivity contribution in [3.63, 3.8) is 0 Å². The molecule has 20 heavy (non-hydrogen) atoms. The number of hydrogen-bond donors (Lipinski definition) is 0. The van der Waals surface area contributed by atoms with Crippen molar-refractivity contribution in [2.24, 2.45) is 0 Å². The van der Waals surface area contributed by atoms with Crippen LogP contribution in [-0.2, 0) is 20.1 Å². The zero-order chi connectivity index (χ0) is 15.0. The van der Waals surface area contributed by atoms with Gasteiger partial charge in [0.1, 0.15) is 6.54 Å². The molecule has 0 aliphatic heterocycles. The Balaban J connectivity index is 2.37. The van der Waals surface area contributed by atoms with Gasteiger partial charge < -0.3 is 9.64 Å². The van der Waals surface area contributed by atoms with Crippen LogP contribution in [0, 0.1) is 0 Å². The topological polar surface area (TPSA) is 46.6 Å². The molecule has 0 atom stereocenters. The summed E-state index contributed by atoms with van der Waals surface area (Å²) in [7, 11) is 1.32. The Morgan fingerprint density at radius 2 is 1.95 bits per heavy atom. The Kier molecular flexibility index (Phi) is 7.47. The average Bonchev–Trinajstić information content (AvgIpc) is 2.46. The summed E-state index contributed by atoms with van der Waals surface area (Å²) >= 11 is 7.32. The molecule has 0 saturated heterocycles. The van der Waals surface area contributed by atoms with E-state index in [1.54, 1.807) is 0 Å². The Morgan fingerprint density at radius 1 is 1.30 bits per heavy atom. The molecule has 0 fully saturated rings. The number of likely N-dealkylation sites (N-methyl/N-ethyl adjacent to an activating group) is 1. The quantitative estimate of drug-likeness (QED) is 0.726. The van der Waals surface area contributed by atoms with Gasteiger partial charge in [-0.3, -0.25) is 9.59 Å².